The monoisotopic (exact) mass is 156 g/mol. The molecule has 0 radical (unpaired) electrons. The molecule has 0 spiro atoms. The van der Waals surface area contributed by atoms with E-state index in [1.165, 1.54) is 12.1 Å². The maximum Gasteiger partial charge on any atom is 0.130 e. The summed E-state index contributed by atoms with van der Waals surface area (Å²) in [5.41, 5.74) is 0. The molecule has 0 amide bonds. The molecule has 1 aliphatic heterocycles. The van der Waals surface area contributed by atoms with Crippen LogP contribution in [0.5, 0.6) is 0 Å². The molecule has 0 aromatic rings. The molecular weight excluding hydrogens is 140 g/mol. The van der Waals surface area contributed by atoms with E-state index < -0.39 is 8.07 Å². The van der Waals surface area contributed by atoms with Crippen LogP contribution in [-0.4, -0.2) is 13.9 Å². The Hall–Kier alpha value is -0.113. The van der Waals surface area contributed by atoms with Crippen molar-refractivity contribution in [3.63, 3.8) is 0 Å². The highest BCUT2D eigenvalue weighted by atomic mass is 28.3. The summed E-state index contributed by atoms with van der Waals surface area (Å²) in [5.74, 6) is 1.13. The number of hydrogen-bond acceptors (Lipinski definition) is 1. The maximum absolute atomic E-state index is 10.7. The van der Waals surface area contributed by atoms with Crippen LogP contribution in [0.2, 0.25) is 25.2 Å². The lowest BCUT2D eigenvalue weighted by Gasteiger charge is -2.40. The molecule has 0 aromatic heterocycles. The third-order valence-electron chi connectivity index (χ3n) is 2.26. The number of rotatable bonds is 2. The summed E-state index contributed by atoms with van der Waals surface area (Å²) in [4.78, 5) is 10.7. The SMILES string of the molecule is CC(=O)CC1C[Si](C)(C)C1. The average Bonchev–Trinajstić information content (AvgIpc) is 1.57. The van der Waals surface area contributed by atoms with Crippen LogP contribution in [0.15, 0.2) is 0 Å². The molecular formula is C8H16OSi. The van der Waals surface area contributed by atoms with Crippen molar-refractivity contribution in [3.05, 3.63) is 0 Å². The lowest BCUT2D eigenvalue weighted by Crippen LogP contribution is -2.41. The molecule has 0 atom stereocenters. The molecule has 1 heterocycles. The standard InChI is InChI=1S/C8H16OSi/c1-7(9)4-8-5-10(2,3)6-8/h8H,4-6H2,1-3H3. The van der Waals surface area contributed by atoms with Crippen molar-refractivity contribution in [1.82, 2.24) is 0 Å². The minimum absolute atomic E-state index is 0.370. The lowest BCUT2D eigenvalue weighted by atomic mass is 10.1. The van der Waals surface area contributed by atoms with E-state index >= 15 is 0 Å². The number of carbonyl (C=O) groups is 1. The van der Waals surface area contributed by atoms with Crippen LogP contribution in [0, 0.1) is 5.92 Å². The Kier molecular flexibility index (Phi) is 1.99. The molecule has 0 unspecified atom stereocenters. The number of ketones is 1. The minimum Gasteiger partial charge on any atom is -0.300 e. The highest BCUT2D eigenvalue weighted by Gasteiger charge is 2.37. The molecule has 1 nitrogen and oxygen atoms in total. The predicted octanol–water partition coefficient (Wildman–Crippen LogP) is 2.30. The fourth-order valence-corrected chi connectivity index (χ4v) is 5.35. The van der Waals surface area contributed by atoms with Crippen LogP contribution in [0.1, 0.15) is 13.3 Å². The average molecular weight is 156 g/mol. The molecule has 0 aromatic carbocycles. The highest BCUT2D eigenvalue weighted by Crippen LogP contribution is 2.40. The van der Waals surface area contributed by atoms with Crippen LogP contribution >= 0.6 is 0 Å². The number of carbonyl (C=O) groups excluding carboxylic acids is 1. The first kappa shape index (κ1) is 7.99. The molecule has 1 saturated heterocycles. The van der Waals surface area contributed by atoms with Crippen molar-refractivity contribution in [2.45, 2.75) is 38.5 Å². The van der Waals surface area contributed by atoms with Crippen LogP contribution in [0.3, 0.4) is 0 Å². The molecule has 1 rings (SSSR count). The Morgan fingerprint density at radius 1 is 1.50 bits per heavy atom. The van der Waals surface area contributed by atoms with Crippen molar-refractivity contribution in [1.29, 1.82) is 0 Å². The van der Waals surface area contributed by atoms with Gasteiger partial charge in [-0.15, -0.1) is 0 Å². The Bertz CT molecular complexity index is 143. The summed E-state index contributed by atoms with van der Waals surface area (Å²) in [5, 5.41) is 0. The van der Waals surface area contributed by atoms with Crippen molar-refractivity contribution in [2.24, 2.45) is 5.92 Å². The second-order valence-electron chi connectivity index (χ2n) is 4.34. The first-order chi connectivity index (χ1) is 4.49. The van der Waals surface area contributed by atoms with Gasteiger partial charge in [0.15, 0.2) is 0 Å². The minimum atomic E-state index is -0.733. The van der Waals surface area contributed by atoms with Gasteiger partial charge >= 0.3 is 0 Å². The Morgan fingerprint density at radius 3 is 2.30 bits per heavy atom. The maximum atomic E-state index is 10.7. The molecule has 58 valence electrons. The Morgan fingerprint density at radius 2 is 2.00 bits per heavy atom. The topological polar surface area (TPSA) is 17.1 Å². The van der Waals surface area contributed by atoms with E-state index in [1.54, 1.807) is 6.92 Å². The fourth-order valence-electron chi connectivity index (χ4n) is 2.05. The fraction of sp³-hybridized carbons (Fsp3) is 0.875. The first-order valence-corrected chi connectivity index (χ1v) is 7.40. The molecule has 0 saturated carbocycles. The van der Waals surface area contributed by atoms with E-state index in [1.807, 2.05) is 0 Å². The van der Waals surface area contributed by atoms with Gasteiger partial charge < -0.3 is 4.79 Å². The molecule has 0 bridgehead atoms. The van der Waals surface area contributed by atoms with Gasteiger partial charge in [0.1, 0.15) is 5.78 Å². The summed E-state index contributed by atoms with van der Waals surface area (Å²) >= 11 is 0. The zero-order valence-corrected chi connectivity index (χ0v) is 8.11. The largest absolute Gasteiger partial charge is 0.300 e. The molecule has 2 heteroatoms. The molecule has 1 aliphatic rings. The van der Waals surface area contributed by atoms with E-state index in [4.69, 9.17) is 0 Å². The van der Waals surface area contributed by atoms with Gasteiger partial charge in [0, 0.05) is 14.5 Å². The second kappa shape index (κ2) is 2.49. The van der Waals surface area contributed by atoms with Gasteiger partial charge in [0.2, 0.25) is 0 Å². The van der Waals surface area contributed by atoms with E-state index in [0.29, 0.717) is 5.78 Å². The summed E-state index contributed by atoms with van der Waals surface area (Å²) in [6.45, 7) is 6.51. The second-order valence-corrected chi connectivity index (χ2v) is 9.49. The normalized spacial score (nSPS) is 23.9. The van der Waals surface area contributed by atoms with E-state index in [-0.39, 0.29) is 0 Å². The van der Waals surface area contributed by atoms with Gasteiger partial charge in [0.05, 0.1) is 0 Å². The van der Waals surface area contributed by atoms with Crippen LogP contribution in [-0.2, 0) is 4.79 Å². The highest BCUT2D eigenvalue weighted by molar-refractivity contribution is 6.80. The molecule has 1 fully saturated rings. The van der Waals surface area contributed by atoms with E-state index in [2.05, 4.69) is 13.1 Å². The van der Waals surface area contributed by atoms with Gasteiger partial charge in [-0.25, -0.2) is 0 Å². The predicted molar refractivity (Wildman–Crippen MR) is 45.9 cm³/mol. The molecule has 10 heavy (non-hydrogen) atoms. The van der Waals surface area contributed by atoms with Crippen LogP contribution < -0.4 is 0 Å². The summed E-state index contributed by atoms with van der Waals surface area (Å²) in [7, 11) is -0.733. The smallest absolute Gasteiger partial charge is 0.130 e. The van der Waals surface area contributed by atoms with E-state index in [0.717, 1.165) is 12.3 Å². The van der Waals surface area contributed by atoms with E-state index in [9.17, 15) is 4.79 Å². The molecule has 0 aliphatic carbocycles. The van der Waals surface area contributed by atoms with Gasteiger partial charge in [-0.3, -0.25) is 0 Å². The third-order valence-corrected chi connectivity index (χ3v) is 5.62. The lowest BCUT2D eigenvalue weighted by molar-refractivity contribution is -0.117. The third kappa shape index (κ3) is 1.94. The zero-order valence-electron chi connectivity index (χ0n) is 7.11. The van der Waals surface area contributed by atoms with Gasteiger partial charge in [-0.05, 0) is 12.8 Å². The zero-order chi connectivity index (χ0) is 7.78. The quantitative estimate of drug-likeness (QED) is 0.561. The van der Waals surface area contributed by atoms with Gasteiger partial charge in [-0.1, -0.05) is 25.2 Å². The first-order valence-electron chi connectivity index (χ1n) is 3.99. The van der Waals surface area contributed by atoms with Crippen LogP contribution in [0.25, 0.3) is 0 Å². The number of hydrogen-bond donors (Lipinski definition) is 0. The Labute approximate surface area is 63.8 Å². The van der Waals surface area contributed by atoms with Crippen molar-refractivity contribution >= 4 is 13.9 Å². The van der Waals surface area contributed by atoms with Crippen molar-refractivity contribution in [2.75, 3.05) is 0 Å². The van der Waals surface area contributed by atoms with Crippen LogP contribution in [0.4, 0.5) is 0 Å². The number of Topliss-reactive ketones (excluding diaryl/α,β-unsaturated/α-hetero) is 1. The molecule has 0 N–H and O–H groups in total. The van der Waals surface area contributed by atoms with Crippen molar-refractivity contribution < 1.29 is 4.79 Å². The van der Waals surface area contributed by atoms with Gasteiger partial charge in [-0.2, -0.15) is 0 Å². The summed E-state index contributed by atoms with van der Waals surface area (Å²) in [6.07, 6.45) is 0.844. The summed E-state index contributed by atoms with van der Waals surface area (Å²) < 4.78 is 0. The van der Waals surface area contributed by atoms with Gasteiger partial charge in [0.25, 0.3) is 0 Å². The summed E-state index contributed by atoms with van der Waals surface area (Å²) in [6, 6.07) is 2.76. The van der Waals surface area contributed by atoms with Crippen molar-refractivity contribution in [3.8, 4) is 0 Å². The Balaban J connectivity index is 2.21.